The molecule has 5 heteroatoms. The molecule has 0 aliphatic rings. The second-order valence-corrected chi connectivity index (χ2v) is 4.19. The maximum atomic E-state index is 13.1. The van der Waals surface area contributed by atoms with Crippen molar-refractivity contribution in [1.82, 2.24) is 5.16 Å². The van der Waals surface area contributed by atoms with Gasteiger partial charge in [-0.25, -0.2) is 4.39 Å². The molecule has 18 heavy (non-hydrogen) atoms. The fourth-order valence-corrected chi connectivity index (χ4v) is 1.64. The highest BCUT2D eigenvalue weighted by molar-refractivity contribution is 5.36. The summed E-state index contributed by atoms with van der Waals surface area (Å²) < 4.78 is 23.7. The molecule has 1 heterocycles. The van der Waals surface area contributed by atoms with Crippen LogP contribution in [0.5, 0.6) is 5.75 Å². The van der Waals surface area contributed by atoms with Crippen molar-refractivity contribution in [2.75, 3.05) is 0 Å². The van der Waals surface area contributed by atoms with E-state index in [-0.39, 0.29) is 18.5 Å². The van der Waals surface area contributed by atoms with Gasteiger partial charge in [0.15, 0.2) is 5.76 Å². The third kappa shape index (κ3) is 2.87. The van der Waals surface area contributed by atoms with Crippen molar-refractivity contribution in [3.63, 3.8) is 0 Å². The Labute approximate surface area is 105 Å². The van der Waals surface area contributed by atoms with Crippen LogP contribution in [0.25, 0.3) is 0 Å². The van der Waals surface area contributed by atoms with E-state index in [9.17, 15) is 4.39 Å². The first-order valence-corrected chi connectivity index (χ1v) is 5.66. The molecule has 96 valence electrons. The number of aryl methyl sites for hydroxylation is 1. The molecule has 2 rings (SSSR count). The molecule has 1 unspecified atom stereocenters. The Balaban J connectivity index is 2.13. The van der Waals surface area contributed by atoms with Gasteiger partial charge < -0.3 is 15.0 Å². The highest BCUT2D eigenvalue weighted by Gasteiger charge is 2.10. The van der Waals surface area contributed by atoms with Gasteiger partial charge in [0.2, 0.25) is 0 Å². The third-order valence-electron chi connectivity index (χ3n) is 2.51. The van der Waals surface area contributed by atoms with Crippen LogP contribution in [0, 0.1) is 12.7 Å². The van der Waals surface area contributed by atoms with E-state index in [2.05, 4.69) is 5.16 Å². The van der Waals surface area contributed by atoms with Gasteiger partial charge in [-0.05, 0) is 32.0 Å². The minimum atomic E-state index is -0.329. The molecule has 0 fully saturated rings. The average Bonchev–Trinajstić information content (AvgIpc) is 2.73. The SMILES string of the molecule is Cc1cc(COc2ccc(F)cc2C(C)N)on1. The van der Waals surface area contributed by atoms with Crippen LogP contribution in [-0.4, -0.2) is 5.16 Å². The van der Waals surface area contributed by atoms with Gasteiger partial charge in [-0.2, -0.15) is 0 Å². The van der Waals surface area contributed by atoms with Gasteiger partial charge >= 0.3 is 0 Å². The van der Waals surface area contributed by atoms with Crippen molar-refractivity contribution >= 4 is 0 Å². The van der Waals surface area contributed by atoms with Crippen LogP contribution in [-0.2, 0) is 6.61 Å². The van der Waals surface area contributed by atoms with Gasteiger partial charge in [0.1, 0.15) is 18.2 Å². The zero-order chi connectivity index (χ0) is 13.1. The summed E-state index contributed by atoms with van der Waals surface area (Å²) in [4.78, 5) is 0. The van der Waals surface area contributed by atoms with Crippen molar-refractivity contribution in [1.29, 1.82) is 0 Å². The van der Waals surface area contributed by atoms with Gasteiger partial charge in [0.05, 0.1) is 5.69 Å². The molecule has 1 aromatic heterocycles. The van der Waals surface area contributed by atoms with E-state index in [0.29, 0.717) is 17.1 Å². The number of nitrogens with zero attached hydrogens (tertiary/aromatic N) is 1. The molecule has 4 nitrogen and oxygen atoms in total. The number of nitrogens with two attached hydrogens (primary N) is 1. The molecular weight excluding hydrogens is 235 g/mol. The van der Waals surface area contributed by atoms with E-state index < -0.39 is 0 Å². The van der Waals surface area contributed by atoms with E-state index in [1.807, 2.05) is 6.92 Å². The summed E-state index contributed by atoms with van der Waals surface area (Å²) in [5.74, 6) is 0.845. The molecule has 2 N–H and O–H groups in total. The average molecular weight is 250 g/mol. The van der Waals surface area contributed by atoms with Gasteiger partial charge in [-0.15, -0.1) is 0 Å². The second kappa shape index (κ2) is 5.18. The summed E-state index contributed by atoms with van der Waals surface area (Å²) in [5, 5.41) is 3.76. The van der Waals surface area contributed by atoms with Crippen LogP contribution in [0.3, 0.4) is 0 Å². The lowest BCUT2D eigenvalue weighted by Gasteiger charge is -2.13. The number of benzene rings is 1. The standard InChI is InChI=1S/C13H15FN2O2/c1-8-5-11(18-16-8)7-17-13-4-3-10(14)6-12(13)9(2)15/h3-6,9H,7,15H2,1-2H3. The van der Waals surface area contributed by atoms with Gasteiger partial charge in [0, 0.05) is 17.7 Å². The summed E-state index contributed by atoms with van der Waals surface area (Å²) in [6.45, 7) is 3.85. The molecule has 0 amide bonds. The topological polar surface area (TPSA) is 61.3 Å². The Morgan fingerprint density at radius 1 is 1.44 bits per heavy atom. The maximum absolute atomic E-state index is 13.1. The summed E-state index contributed by atoms with van der Waals surface area (Å²) in [5.41, 5.74) is 7.20. The predicted octanol–water partition coefficient (Wildman–Crippen LogP) is 2.72. The summed E-state index contributed by atoms with van der Waals surface area (Å²) in [6.07, 6.45) is 0. The van der Waals surface area contributed by atoms with Crippen LogP contribution >= 0.6 is 0 Å². The molecule has 0 bridgehead atoms. The number of aromatic nitrogens is 1. The number of rotatable bonds is 4. The molecule has 0 radical (unpaired) electrons. The molecule has 1 aromatic carbocycles. The molecule has 0 aliphatic heterocycles. The molecule has 0 saturated heterocycles. The number of halogens is 1. The van der Waals surface area contributed by atoms with Crippen molar-refractivity contribution in [2.24, 2.45) is 5.73 Å². The zero-order valence-electron chi connectivity index (χ0n) is 10.3. The fraction of sp³-hybridized carbons (Fsp3) is 0.308. The van der Waals surface area contributed by atoms with Gasteiger partial charge in [-0.3, -0.25) is 0 Å². The van der Waals surface area contributed by atoms with Crippen LogP contribution in [0.1, 0.15) is 30.0 Å². The summed E-state index contributed by atoms with van der Waals surface area (Å²) >= 11 is 0. The number of hydrogen-bond acceptors (Lipinski definition) is 4. The Kier molecular flexibility index (Phi) is 3.62. The quantitative estimate of drug-likeness (QED) is 0.906. The van der Waals surface area contributed by atoms with Crippen LogP contribution in [0.15, 0.2) is 28.8 Å². The highest BCUT2D eigenvalue weighted by atomic mass is 19.1. The molecule has 1 atom stereocenters. The number of ether oxygens (including phenoxy) is 1. The second-order valence-electron chi connectivity index (χ2n) is 4.19. The van der Waals surface area contributed by atoms with E-state index >= 15 is 0 Å². The van der Waals surface area contributed by atoms with E-state index in [0.717, 1.165) is 5.69 Å². The third-order valence-corrected chi connectivity index (χ3v) is 2.51. The fourth-order valence-electron chi connectivity index (χ4n) is 1.64. The van der Waals surface area contributed by atoms with E-state index in [1.54, 1.807) is 19.1 Å². The van der Waals surface area contributed by atoms with E-state index in [1.165, 1.54) is 12.1 Å². The molecule has 0 saturated carbocycles. The lowest BCUT2D eigenvalue weighted by molar-refractivity contribution is 0.246. The molecular formula is C13H15FN2O2. The van der Waals surface area contributed by atoms with Crippen molar-refractivity contribution in [3.8, 4) is 5.75 Å². The summed E-state index contributed by atoms with van der Waals surface area (Å²) in [7, 11) is 0. The minimum Gasteiger partial charge on any atom is -0.485 e. The first-order chi connectivity index (χ1) is 8.56. The van der Waals surface area contributed by atoms with Gasteiger partial charge in [0.25, 0.3) is 0 Å². The van der Waals surface area contributed by atoms with Gasteiger partial charge in [-0.1, -0.05) is 5.16 Å². The predicted molar refractivity (Wildman–Crippen MR) is 64.6 cm³/mol. The van der Waals surface area contributed by atoms with E-state index in [4.69, 9.17) is 15.0 Å². The first kappa shape index (κ1) is 12.6. The van der Waals surface area contributed by atoms with Crippen LogP contribution < -0.4 is 10.5 Å². The maximum Gasteiger partial charge on any atom is 0.174 e. The van der Waals surface area contributed by atoms with Crippen molar-refractivity contribution in [3.05, 3.63) is 47.1 Å². The lowest BCUT2D eigenvalue weighted by atomic mass is 10.1. The van der Waals surface area contributed by atoms with Crippen LogP contribution in [0.4, 0.5) is 4.39 Å². The molecule has 0 spiro atoms. The lowest BCUT2D eigenvalue weighted by Crippen LogP contribution is -2.08. The smallest absolute Gasteiger partial charge is 0.174 e. The number of hydrogen-bond donors (Lipinski definition) is 1. The van der Waals surface area contributed by atoms with Crippen molar-refractivity contribution < 1.29 is 13.7 Å². The Morgan fingerprint density at radius 3 is 2.83 bits per heavy atom. The highest BCUT2D eigenvalue weighted by Crippen LogP contribution is 2.25. The van der Waals surface area contributed by atoms with Crippen LogP contribution in [0.2, 0.25) is 0 Å². The Bertz CT molecular complexity index is 538. The van der Waals surface area contributed by atoms with Crippen molar-refractivity contribution in [2.45, 2.75) is 26.5 Å². The zero-order valence-corrected chi connectivity index (χ0v) is 10.3. The first-order valence-electron chi connectivity index (χ1n) is 5.66. The monoisotopic (exact) mass is 250 g/mol. The largest absolute Gasteiger partial charge is 0.485 e. The minimum absolute atomic E-state index is 0.242. The molecule has 0 aliphatic carbocycles. The Morgan fingerprint density at radius 2 is 2.22 bits per heavy atom. The molecule has 2 aromatic rings. The summed E-state index contributed by atoms with van der Waals surface area (Å²) in [6, 6.07) is 5.78. The normalized spacial score (nSPS) is 12.4. The Hall–Kier alpha value is -1.88.